The van der Waals surface area contributed by atoms with E-state index in [1.165, 1.54) is 0 Å². The molecule has 34 heavy (non-hydrogen) atoms. The van der Waals surface area contributed by atoms with E-state index in [1.54, 1.807) is 0 Å². The molecule has 2 aromatic heterocycles. The van der Waals surface area contributed by atoms with Crippen LogP contribution >= 0.6 is 0 Å². The summed E-state index contributed by atoms with van der Waals surface area (Å²) in [4.78, 5) is 12.6. The van der Waals surface area contributed by atoms with Gasteiger partial charge in [0, 0.05) is 18.3 Å². The molecule has 4 heteroatoms. The molecule has 0 amide bonds. The molecule has 0 atom stereocenters. The number of hydrogen-bond acceptors (Lipinski definition) is 3. The number of aromatic amines is 1. The van der Waals surface area contributed by atoms with Crippen molar-refractivity contribution < 1.29 is 4.74 Å². The Bertz CT molecular complexity index is 1230. The molecule has 0 fully saturated rings. The Morgan fingerprint density at radius 3 is 1.76 bits per heavy atom. The number of aryl methyl sites for hydroxylation is 1. The van der Waals surface area contributed by atoms with Crippen LogP contribution in [0.25, 0.3) is 11.5 Å². The molecule has 1 N–H and O–H groups in total. The first-order chi connectivity index (χ1) is 16.8. The molecule has 0 aliphatic heterocycles. The third-order valence-corrected chi connectivity index (χ3v) is 5.98. The van der Waals surface area contributed by atoms with Crippen molar-refractivity contribution in [2.45, 2.75) is 18.9 Å². The van der Waals surface area contributed by atoms with Crippen molar-refractivity contribution >= 4 is 0 Å². The Kier molecular flexibility index (Phi) is 6.32. The van der Waals surface area contributed by atoms with Gasteiger partial charge in [-0.15, -0.1) is 0 Å². The molecule has 0 saturated heterocycles. The molecule has 0 saturated carbocycles. The molecule has 3 aromatic carbocycles. The minimum Gasteiger partial charge on any atom is -0.360 e. The molecule has 4 nitrogen and oxygen atoms in total. The van der Waals surface area contributed by atoms with E-state index in [-0.39, 0.29) is 0 Å². The molecule has 0 bridgehead atoms. The number of imidazole rings is 1. The largest absolute Gasteiger partial charge is 0.360 e. The third kappa shape index (κ3) is 4.41. The van der Waals surface area contributed by atoms with Gasteiger partial charge >= 0.3 is 0 Å². The molecule has 168 valence electrons. The fourth-order valence-electron chi connectivity index (χ4n) is 4.37. The van der Waals surface area contributed by atoms with Crippen molar-refractivity contribution in [2.75, 3.05) is 6.61 Å². The fraction of sp³-hybridized carbons (Fsp3) is 0.133. The highest BCUT2D eigenvalue weighted by molar-refractivity contribution is 5.50. The van der Waals surface area contributed by atoms with Gasteiger partial charge in [-0.25, -0.2) is 9.97 Å². The van der Waals surface area contributed by atoms with E-state index in [1.807, 2.05) is 49.5 Å². The number of H-pyrrole nitrogens is 1. The fourth-order valence-corrected chi connectivity index (χ4v) is 4.37. The number of hydrogen-bond donors (Lipinski definition) is 1. The highest BCUT2D eigenvalue weighted by Gasteiger charge is 2.37. The van der Waals surface area contributed by atoms with Gasteiger partial charge in [0.1, 0.15) is 11.3 Å². The van der Waals surface area contributed by atoms with Crippen molar-refractivity contribution in [3.8, 4) is 11.5 Å². The van der Waals surface area contributed by atoms with Gasteiger partial charge in [0.2, 0.25) is 0 Å². The summed E-state index contributed by atoms with van der Waals surface area (Å²) in [5.41, 5.74) is 5.33. The summed E-state index contributed by atoms with van der Waals surface area (Å²) in [6, 6.07) is 37.3. The van der Waals surface area contributed by atoms with Gasteiger partial charge in [0.05, 0.1) is 12.3 Å². The Balaban J connectivity index is 1.46. The lowest BCUT2D eigenvalue weighted by Gasteiger charge is -2.36. The molecule has 5 aromatic rings. The highest BCUT2D eigenvalue weighted by Crippen LogP contribution is 2.40. The first-order valence-electron chi connectivity index (χ1n) is 11.5. The third-order valence-electron chi connectivity index (χ3n) is 5.98. The molecular formula is C30H27N3O. The lowest BCUT2D eigenvalue weighted by molar-refractivity contribution is 0.0145. The first-order valence-corrected chi connectivity index (χ1v) is 11.5. The molecule has 0 spiro atoms. The van der Waals surface area contributed by atoms with Crippen molar-refractivity contribution in [1.29, 1.82) is 0 Å². The molecule has 0 radical (unpaired) electrons. The predicted molar refractivity (Wildman–Crippen MR) is 135 cm³/mol. The van der Waals surface area contributed by atoms with Crippen LogP contribution < -0.4 is 0 Å². The van der Waals surface area contributed by atoms with Gasteiger partial charge < -0.3 is 9.72 Å². The zero-order valence-corrected chi connectivity index (χ0v) is 19.2. The van der Waals surface area contributed by atoms with E-state index in [4.69, 9.17) is 9.72 Å². The van der Waals surface area contributed by atoms with Gasteiger partial charge in [-0.2, -0.15) is 0 Å². The Labute approximate surface area is 200 Å². The second-order valence-electron chi connectivity index (χ2n) is 8.28. The smallest absolute Gasteiger partial charge is 0.156 e. The maximum absolute atomic E-state index is 6.86. The molecule has 2 heterocycles. The lowest BCUT2D eigenvalue weighted by atomic mass is 9.80. The van der Waals surface area contributed by atoms with Gasteiger partial charge in [-0.1, -0.05) is 97.1 Å². The van der Waals surface area contributed by atoms with Crippen LogP contribution in [0.2, 0.25) is 0 Å². The van der Waals surface area contributed by atoms with Gasteiger partial charge in [-0.05, 0) is 35.7 Å². The average Bonchev–Trinajstić information content (AvgIpc) is 3.37. The summed E-state index contributed by atoms with van der Waals surface area (Å²) in [5.74, 6) is 0.777. The van der Waals surface area contributed by atoms with Crippen LogP contribution in [0.3, 0.4) is 0 Å². The number of benzene rings is 3. The van der Waals surface area contributed by atoms with Crippen LogP contribution in [0.4, 0.5) is 0 Å². The Hall–Kier alpha value is -4.02. The van der Waals surface area contributed by atoms with Crippen molar-refractivity contribution in [3.63, 3.8) is 0 Å². The van der Waals surface area contributed by atoms with Gasteiger partial charge in [0.15, 0.2) is 5.82 Å². The maximum Gasteiger partial charge on any atom is 0.156 e. The molecule has 0 aliphatic rings. The zero-order valence-electron chi connectivity index (χ0n) is 19.2. The van der Waals surface area contributed by atoms with Crippen LogP contribution in [0.5, 0.6) is 0 Å². The summed E-state index contributed by atoms with van der Waals surface area (Å²) in [6.45, 7) is 2.49. The van der Waals surface area contributed by atoms with E-state index >= 15 is 0 Å². The summed E-state index contributed by atoms with van der Waals surface area (Å²) in [5, 5.41) is 0. The summed E-state index contributed by atoms with van der Waals surface area (Å²) in [7, 11) is 0. The van der Waals surface area contributed by atoms with Crippen LogP contribution in [0, 0.1) is 6.92 Å². The van der Waals surface area contributed by atoms with Gasteiger partial charge in [0.25, 0.3) is 0 Å². The molecule has 0 aliphatic carbocycles. The number of rotatable bonds is 8. The minimum absolute atomic E-state index is 0.504. The quantitative estimate of drug-likeness (QED) is 0.284. The number of nitrogens with zero attached hydrogens (tertiary/aromatic N) is 2. The minimum atomic E-state index is -0.721. The highest BCUT2D eigenvalue weighted by atomic mass is 16.5. The topological polar surface area (TPSA) is 50.8 Å². The Morgan fingerprint density at radius 1 is 0.676 bits per heavy atom. The summed E-state index contributed by atoms with van der Waals surface area (Å²) in [6.07, 6.45) is 2.62. The van der Waals surface area contributed by atoms with E-state index < -0.39 is 5.60 Å². The maximum atomic E-state index is 6.86. The van der Waals surface area contributed by atoms with Crippen LogP contribution in [-0.2, 0) is 16.8 Å². The molecule has 5 rings (SSSR count). The molecule has 0 unspecified atom stereocenters. The second kappa shape index (κ2) is 9.86. The second-order valence-corrected chi connectivity index (χ2v) is 8.28. The standard InChI is InChI=1S/C30H27N3O/c1-23-12-11-19-28(32-23)29-31-22-27(33-29)20-21-34-30(24-13-5-2-6-14-24,25-15-7-3-8-16-25)26-17-9-4-10-18-26/h2-19,22H,20-21H2,1H3,(H,31,33). The zero-order chi connectivity index (χ0) is 23.2. The van der Waals surface area contributed by atoms with E-state index in [2.05, 4.69) is 82.8 Å². The normalized spacial score (nSPS) is 11.4. The predicted octanol–water partition coefficient (Wildman–Crippen LogP) is 6.33. The van der Waals surface area contributed by atoms with Crippen LogP contribution in [0.1, 0.15) is 28.1 Å². The average molecular weight is 446 g/mol. The Morgan fingerprint density at radius 2 is 1.24 bits per heavy atom. The van der Waals surface area contributed by atoms with Crippen LogP contribution in [0.15, 0.2) is 115 Å². The van der Waals surface area contributed by atoms with Crippen molar-refractivity contribution in [1.82, 2.24) is 15.0 Å². The first kappa shape index (κ1) is 21.8. The summed E-state index contributed by atoms with van der Waals surface area (Å²) < 4.78 is 6.86. The lowest BCUT2D eigenvalue weighted by Crippen LogP contribution is -2.33. The number of pyridine rings is 1. The van der Waals surface area contributed by atoms with E-state index in [9.17, 15) is 0 Å². The van der Waals surface area contributed by atoms with E-state index in [0.29, 0.717) is 13.0 Å². The van der Waals surface area contributed by atoms with Gasteiger partial charge in [-0.3, -0.25) is 0 Å². The number of nitrogens with one attached hydrogen (secondary N) is 1. The number of aromatic nitrogens is 3. The van der Waals surface area contributed by atoms with Crippen molar-refractivity contribution in [2.24, 2.45) is 0 Å². The van der Waals surface area contributed by atoms with E-state index in [0.717, 1.165) is 39.6 Å². The van der Waals surface area contributed by atoms with Crippen molar-refractivity contribution in [3.05, 3.63) is 143 Å². The van der Waals surface area contributed by atoms with Crippen LogP contribution in [-0.4, -0.2) is 21.6 Å². The SMILES string of the molecule is Cc1cccc(-c2nc(CCOC(c3ccccc3)(c3ccccc3)c3ccccc3)c[nH]2)n1. The molecular weight excluding hydrogens is 418 g/mol. The monoisotopic (exact) mass is 445 g/mol. The summed E-state index contributed by atoms with van der Waals surface area (Å²) >= 11 is 0. The number of ether oxygens (including phenoxy) is 1.